The van der Waals surface area contributed by atoms with Gasteiger partial charge in [-0.3, -0.25) is 9.59 Å². The third-order valence-electron chi connectivity index (χ3n) is 3.15. The molecule has 0 bridgehead atoms. The molecule has 24 heavy (non-hydrogen) atoms. The van der Waals surface area contributed by atoms with Crippen LogP contribution in [0.4, 0.5) is 5.69 Å². The molecule has 1 amide bonds. The first-order valence-electron chi connectivity index (χ1n) is 7.23. The number of thiophene rings is 1. The maximum Gasteiger partial charge on any atom is 0.337 e. The van der Waals surface area contributed by atoms with E-state index in [0.717, 1.165) is 5.56 Å². The molecule has 0 unspecified atom stereocenters. The Labute approximate surface area is 143 Å². The number of carbonyl (C=O) groups is 3. The minimum Gasteiger partial charge on any atom is -0.465 e. The lowest BCUT2D eigenvalue weighted by Gasteiger charge is -2.07. The van der Waals surface area contributed by atoms with E-state index in [-0.39, 0.29) is 13.0 Å². The van der Waals surface area contributed by atoms with E-state index in [1.807, 2.05) is 16.8 Å². The van der Waals surface area contributed by atoms with Crippen LogP contribution < -0.4 is 5.32 Å². The van der Waals surface area contributed by atoms with Gasteiger partial charge >= 0.3 is 11.9 Å². The first-order valence-corrected chi connectivity index (χ1v) is 8.17. The molecule has 0 atom stereocenters. The molecule has 0 aliphatic rings. The molecular weight excluding hydrogens is 330 g/mol. The van der Waals surface area contributed by atoms with E-state index in [2.05, 4.69) is 10.1 Å². The van der Waals surface area contributed by atoms with E-state index in [4.69, 9.17) is 4.74 Å². The van der Waals surface area contributed by atoms with Gasteiger partial charge < -0.3 is 14.8 Å². The molecule has 0 radical (unpaired) electrons. The number of esters is 2. The van der Waals surface area contributed by atoms with E-state index < -0.39 is 17.8 Å². The number of benzene rings is 1. The van der Waals surface area contributed by atoms with Gasteiger partial charge in [0.15, 0.2) is 6.61 Å². The van der Waals surface area contributed by atoms with Gasteiger partial charge in [0.2, 0.25) is 0 Å². The number of hydrogen-bond acceptors (Lipinski definition) is 6. The molecule has 0 spiro atoms. The molecule has 1 heterocycles. The van der Waals surface area contributed by atoms with E-state index in [9.17, 15) is 14.4 Å². The highest BCUT2D eigenvalue weighted by atomic mass is 32.1. The quantitative estimate of drug-likeness (QED) is 0.779. The number of nitrogens with one attached hydrogen (secondary N) is 1. The van der Waals surface area contributed by atoms with Crippen LogP contribution in [-0.4, -0.2) is 31.6 Å². The van der Waals surface area contributed by atoms with Crippen molar-refractivity contribution in [1.29, 1.82) is 0 Å². The zero-order valence-corrected chi connectivity index (χ0v) is 13.9. The summed E-state index contributed by atoms with van der Waals surface area (Å²) in [5.41, 5.74) is 1.96. The van der Waals surface area contributed by atoms with Crippen molar-refractivity contribution in [2.75, 3.05) is 19.0 Å². The van der Waals surface area contributed by atoms with Crippen LogP contribution in [0.5, 0.6) is 0 Å². The molecule has 1 aromatic carbocycles. The summed E-state index contributed by atoms with van der Waals surface area (Å²) in [6.45, 7) is -0.346. The third-order valence-corrected chi connectivity index (χ3v) is 3.88. The van der Waals surface area contributed by atoms with Crippen LogP contribution in [0.25, 0.3) is 0 Å². The fourth-order valence-electron chi connectivity index (χ4n) is 1.90. The molecule has 1 N–H and O–H groups in total. The van der Waals surface area contributed by atoms with Crippen molar-refractivity contribution in [3.63, 3.8) is 0 Å². The van der Waals surface area contributed by atoms with Crippen LogP contribution in [0.15, 0.2) is 41.1 Å². The summed E-state index contributed by atoms with van der Waals surface area (Å²) in [4.78, 5) is 34.6. The molecule has 2 aromatic rings. The number of anilines is 1. The molecule has 0 aliphatic carbocycles. The molecule has 126 valence electrons. The van der Waals surface area contributed by atoms with Crippen molar-refractivity contribution >= 4 is 34.9 Å². The van der Waals surface area contributed by atoms with Gasteiger partial charge in [-0.15, -0.1) is 0 Å². The molecule has 0 aliphatic heterocycles. The summed E-state index contributed by atoms with van der Waals surface area (Å²) >= 11 is 1.57. The lowest BCUT2D eigenvalue weighted by atomic mass is 10.2. The Hall–Kier alpha value is -2.67. The first-order chi connectivity index (χ1) is 11.6. The number of amides is 1. The van der Waals surface area contributed by atoms with Crippen LogP contribution >= 0.6 is 11.3 Å². The normalized spacial score (nSPS) is 10.0. The van der Waals surface area contributed by atoms with Gasteiger partial charge in [0, 0.05) is 12.1 Å². The fraction of sp³-hybridized carbons (Fsp3) is 0.235. The predicted octanol–water partition coefficient (Wildman–Crippen LogP) is 2.65. The minimum atomic E-state index is -0.451. The Morgan fingerprint density at radius 1 is 1.12 bits per heavy atom. The summed E-state index contributed by atoms with van der Waals surface area (Å²) in [5.74, 6) is -1.31. The average molecular weight is 347 g/mol. The van der Waals surface area contributed by atoms with Crippen LogP contribution in [0.1, 0.15) is 22.3 Å². The highest BCUT2D eigenvalue weighted by molar-refractivity contribution is 7.07. The van der Waals surface area contributed by atoms with Crippen molar-refractivity contribution in [3.8, 4) is 0 Å². The van der Waals surface area contributed by atoms with E-state index in [1.54, 1.807) is 23.5 Å². The number of aryl methyl sites for hydroxylation is 1. The summed E-state index contributed by atoms with van der Waals surface area (Å²) in [5, 5.41) is 6.50. The second kappa shape index (κ2) is 8.83. The number of rotatable bonds is 7. The molecule has 2 rings (SSSR count). The van der Waals surface area contributed by atoms with Gasteiger partial charge in [0.05, 0.1) is 12.7 Å². The zero-order valence-electron chi connectivity index (χ0n) is 13.1. The summed E-state index contributed by atoms with van der Waals surface area (Å²) in [6.07, 6.45) is 0.830. The molecule has 7 heteroatoms. The van der Waals surface area contributed by atoms with Crippen molar-refractivity contribution < 1.29 is 23.9 Å². The second-order valence-electron chi connectivity index (χ2n) is 4.91. The predicted molar refractivity (Wildman–Crippen MR) is 90.0 cm³/mol. The Morgan fingerprint density at radius 3 is 2.50 bits per heavy atom. The number of methoxy groups -OCH3 is 1. The Bertz CT molecular complexity index is 694. The van der Waals surface area contributed by atoms with Gasteiger partial charge in [-0.25, -0.2) is 4.79 Å². The van der Waals surface area contributed by atoms with Crippen LogP contribution in [-0.2, 0) is 25.5 Å². The molecule has 1 aromatic heterocycles. The van der Waals surface area contributed by atoms with Gasteiger partial charge in [-0.2, -0.15) is 11.3 Å². The van der Waals surface area contributed by atoms with Gasteiger partial charge in [-0.05, 0) is 53.1 Å². The standard InChI is InChI=1S/C17H17NO5S/c1-22-17(21)13-3-5-14(6-4-13)18-15(19)10-23-16(20)7-2-12-8-9-24-11-12/h3-6,8-9,11H,2,7,10H2,1H3,(H,18,19). The number of carbonyl (C=O) groups excluding carboxylic acids is 3. The Balaban J connectivity index is 1.72. The summed E-state index contributed by atoms with van der Waals surface area (Å²) < 4.78 is 9.52. The smallest absolute Gasteiger partial charge is 0.337 e. The highest BCUT2D eigenvalue weighted by Gasteiger charge is 2.09. The largest absolute Gasteiger partial charge is 0.465 e. The third kappa shape index (κ3) is 5.51. The Kier molecular flexibility index (Phi) is 6.51. The number of hydrogen-bond donors (Lipinski definition) is 1. The SMILES string of the molecule is COC(=O)c1ccc(NC(=O)COC(=O)CCc2ccsc2)cc1. The average Bonchev–Trinajstić information content (AvgIpc) is 3.11. The number of ether oxygens (including phenoxy) is 2. The molecular formula is C17H17NO5S. The van der Waals surface area contributed by atoms with Gasteiger partial charge in [-0.1, -0.05) is 0 Å². The summed E-state index contributed by atoms with van der Waals surface area (Å²) in [7, 11) is 1.30. The van der Waals surface area contributed by atoms with E-state index in [1.165, 1.54) is 19.2 Å². The lowest BCUT2D eigenvalue weighted by Crippen LogP contribution is -2.21. The molecule has 0 fully saturated rings. The molecule has 0 saturated heterocycles. The van der Waals surface area contributed by atoms with Crippen molar-refractivity contribution in [3.05, 3.63) is 52.2 Å². The first kappa shape index (κ1) is 17.7. The monoisotopic (exact) mass is 347 g/mol. The maximum atomic E-state index is 11.7. The van der Waals surface area contributed by atoms with Crippen LogP contribution in [0.3, 0.4) is 0 Å². The van der Waals surface area contributed by atoms with Crippen molar-refractivity contribution in [1.82, 2.24) is 0 Å². The van der Waals surface area contributed by atoms with Gasteiger partial charge in [0.1, 0.15) is 0 Å². The van der Waals surface area contributed by atoms with E-state index in [0.29, 0.717) is 17.7 Å². The van der Waals surface area contributed by atoms with Gasteiger partial charge in [0.25, 0.3) is 5.91 Å². The molecule has 0 saturated carbocycles. The van der Waals surface area contributed by atoms with Crippen LogP contribution in [0.2, 0.25) is 0 Å². The van der Waals surface area contributed by atoms with Crippen molar-refractivity contribution in [2.24, 2.45) is 0 Å². The van der Waals surface area contributed by atoms with E-state index >= 15 is 0 Å². The Morgan fingerprint density at radius 2 is 1.88 bits per heavy atom. The second-order valence-corrected chi connectivity index (χ2v) is 5.69. The fourth-order valence-corrected chi connectivity index (χ4v) is 2.61. The minimum absolute atomic E-state index is 0.234. The zero-order chi connectivity index (χ0) is 17.4. The van der Waals surface area contributed by atoms with Crippen LogP contribution in [0, 0.1) is 0 Å². The topological polar surface area (TPSA) is 81.7 Å². The lowest BCUT2D eigenvalue weighted by molar-refractivity contribution is -0.147. The highest BCUT2D eigenvalue weighted by Crippen LogP contribution is 2.11. The van der Waals surface area contributed by atoms with Crippen molar-refractivity contribution in [2.45, 2.75) is 12.8 Å². The molecule has 6 nitrogen and oxygen atoms in total. The summed E-state index contributed by atoms with van der Waals surface area (Å²) in [6, 6.07) is 8.16. The maximum absolute atomic E-state index is 11.7.